The van der Waals surface area contributed by atoms with Crippen LogP contribution in [0, 0.1) is 0 Å². The SMILES string of the molecule is O=C(NCc1cn(Cc2ccccc2)nc1-c1ccccc1)c1cccc(CN2CCCC2=O)c1. The number of rotatable bonds is 8. The summed E-state index contributed by atoms with van der Waals surface area (Å²) in [6, 6.07) is 27.7. The largest absolute Gasteiger partial charge is 0.348 e. The van der Waals surface area contributed by atoms with Gasteiger partial charge in [0, 0.05) is 48.9 Å². The highest BCUT2D eigenvalue weighted by Crippen LogP contribution is 2.23. The zero-order valence-corrected chi connectivity index (χ0v) is 19.6. The van der Waals surface area contributed by atoms with Gasteiger partial charge >= 0.3 is 0 Å². The molecule has 2 heterocycles. The predicted octanol–water partition coefficient (Wildman–Crippen LogP) is 4.65. The van der Waals surface area contributed by atoms with Crippen molar-refractivity contribution in [3.8, 4) is 11.3 Å². The number of likely N-dealkylation sites (tertiary alicyclic amines) is 1. The molecule has 1 aliphatic rings. The third kappa shape index (κ3) is 5.49. The van der Waals surface area contributed by atoms with Crippen molar-refractivity contribution < 1.29 is 9.59 Å². The summed E-state index contributed by atoms with van der Waals surface area (Å²) in [5, 5.41) is 7.89. The van der Waals surface area contributed by atoms with Crippen molar-refractivity contribution in [2.75, 3.05) is 6.54 Å². The minimum Gasteiger partial charge on any atom is -0.348 e. The van der Waals surface area contributed by atoms with Crippen LogP contribution in [0.15, 0.2) is 91.1 Å². The summed E-state index contributed by atoms with van der Waals surface area (Å²) in [7, 11) is 0. The van der Waals surface area contributed by atoms with E-state index in [1.807, 2.05) is 88.6 Å². The quantitative estimate of drug-likeness (QED) is 0.413. The average molecular weight is 465 g/mol. The maximum absolute atomic E-state index is 13.0. The molecular formula is C29H28N4O2. The molecule has 0 atom stereocenters. The van der Waals surface area contributed by atoms with E-state index in [9.17, 15) is 9.59 Å². The molecule has 3 aromatic carbocycles. The lowest BCUT2D eigenvalue weighted by Gasteiger charge is -2.16. The summed E-state index contributed by atoms with van der Waals surface area (Å²) in [6.07, 6.45) is 3.52. The molecule has 5 rings (SSSR count). The zero-order valence-electron chi connectivity index (χ0n) is 19.6. The normalized spacial score (nSPS) is 13.3. The van der Waals surface area contributed by atoms with Crippen molar-refractivity contribution in [3.63, 3.8) is 0 Å². The van der Waals surface area contributed by atoms with Gasteiger partial charge in [0.05, 0.1) is 12.2 Å². The van der Waals surface area contributed by atoms with Crippen LogP contribution in [0.1, 0.15) is 39.9 Å². The number of aromatic nitrogens is 2. The first-order chi connectivity index (χ1) is 17.2. The van der Waals surface area contributed by atoms with Crippen LogP contribution in [0.2, 0.25) is 0 Å². The van der Waals surface area contributed by atoms with Crippen LogP contribution in [-0.4, -0.2) is 33.0 Å². The lowest BCUT2D eigenvalue weighted by Crippen LogP contribution is -2.25. The van der Waals surface area contributed by atoms with E-state index >= 15 is 0 Å². The van der Waals surface area contributed by atoms with Gasteiger partial charge in [-0.25, -0.2) is 0 Å². The van der Waals surface area contributed by atoms with E-state index in [1.54, 1.807) is 0 Å². The third-order valence-corrected chi connectivity index (χ3v) is 6.25. The molecule has 1 N–H and O–H groups in total. The van der Waals surface area contributed by atoms with Gasteiger partial charge in [-0.05, 0) is 29.7 Å². The van der Waals surface area contributed by atoms with Gasteiger partial charge in [0.2, 0.25) is 5.91 Å². The van der Waals surface area contributed by atoms with Crippen molar-refractivity contribution in [1.82, 2.24) is 20.0 Å². The molecule has 0 unspecified atom stereocenters. The number of hydrogen-bond donors (Lipinski definition) is 1. The molecule has 1 aliphatic heterocycles. The highest BCUT2D eigenvalue weighted by molar-refractivity contribution is 5.94. The van der Waals surface area contributed by atoms with Crippen LogP contribution in [0.3, 0.4) is 0 Å². The van der Waals surface area contributed by atoms with E-state index in [4.69, 9.17) is 5.10 Å². The molecule has 4 aromatic rings. The van der Waals surface area contributed by atoms with E-state index in [0.29, 0.717) is 31.6 Å². The maximum Gasteiger partial charge on any atom is 0.251 e. The fourth-order valence-corrected chi connectivity index (χ4v) is 4.46. The number of nitrogens with zero attached hydrogens (tertiary/aromatic N) is 3. The minimum atomic E-state index is -0.144. The van der Waals surface area contributed by atoms with Crippen LogP contribution in [-0.2, 0) is 24.4 Å². The number of carbonyl (C=O) groups excluding carboxylic acids is 2. The summed E-state index contributed by atoms with van der Waals surface area (Å²) in [5.41, 5.74) is 5.56. The summed E-state index contributed by atoms with van der Waals surface area (Å²) >= 11 is 0. The first-order valence-electron chi connectivity index (χ1n) is 12.0. The summed E-state index contributed by atoms with van der Waals surface area (Å²) < 4.78 is 1.92. The molecule has 176 valence electrons. The number of nitrogens with one attached hydrogen (secondary N) is 1. The van der Waals surface area contributed by atoms with Crippen molar-refractivity contribution >= 4 is 11.8 Å². The summed E-state index contributed by atoms with van der Waals surface area (Å²) in [5.74, 6) is 0.0373. The Morgan fingerprint density at radius 1 is 0.886 bits per heavy atom. The smallest absolute Gasteiger partial charge is 0.251 e. The van der Waals surface area contributed by atoms with Crippen molar-refractivity contribution in [2.24, 2.45) is 0 Å². The van der Waals surface area contributed by atoms with E-state index in [1.165, 1.54) is 5.56 Å². The monoisotopic (exact) mass is 464 g/mol. The molecule has 2 amide bonds. The van der Waals surface area contributed by atoms with E-state index in [0.717, 1.165) is 35.3 Å². The lowest BCUT2D eigenvalue weighted by atomic mass is 10.1. The Morgan fingerprint density at radius 2 is 1.63 bits per heavy atom. The van der Waals surface area contributed by atoms with Gasteiger partial charge in [0.25, 0.3) is 5.91 Å². The van der Waals surface area contributed by atoms with Crippen LogP contribution in [0.4, 0.5) is 0 Å². The summed E-state index contributed by atoms with van der Waals surface area (Å²) in [6.45, 7) is 2.35. The molecule has 1 fully saturated rings. The molecule has 0 radical (unpaired) electrons. The Morgan fingerprint density at radius 3 is 2.37 bits per heavy atom. The van der Waals surface area contributed by atoms with Crippen molar-refractivity contribution in [1.29, 1.82) is 0 Å². The fourth-order valence-electron chi connectivity index (χ4n) is 4.46. The van der Waals surface area contributed by atoms with E-state index in [2.05, 4.69) is 17.4 Å². The maximum atomic E-state index is 13.0. The number of carbonyl (C=O) groups is 2. The van der Waals surface area contributed by atoms with Crippen molar-refractivity contribution in [3.05, 3.63) is 113 Å². The van der Waals surface area contributed by atoms with Crippen molar-refractivity contribution in [2.45, 2.75) is 32.5 Å². The standard InChI is InChI=1S/C29H28N4O2/c34-27-15-8-16-32(27)19-23-11-7-14-25(17-23)29(35)30-18-26-21-33(20-22-9-3-1-4-10-22)31-28(26)24-12-5-2-6-13-24/h1-7,9-14,17,21H,8,15-16,18-20H2,(H,30,35). The highest BCUT2D eigenvalue weighted by atomic mass is 16.2. The van der Waals surface area contributed by atoms with Gasteiger partial charge in [-0.2, -0.15) is 5.10 Å². The average Bonchev–Trinajstić information content (AvgIpc) is 3.49. The third-order valence-electron chi connectivity index (χ3n) is 6.25. The Bertz CT molecular complexity index is 1320. The molecule has 0 saturated carbocycles. The molecule has 6 nitrogen and oxygen atoms in total. The van der Waals surface area contributed by atoms with Gasteiger partial charge in [-0.1, -0.05) is 72.8 Å². The van der Waals surface area contributed by atoms with Crippen LogP contribution in [0.25, 0.3) is 11.3 Å². The van der Waals surface area contributed by atoms with Gasteiger partial charge in [0.1, 0.15) is 0 Å². The molecule has 6 heteroatoms. The molecule has 0 bridgehead atoms. The summed E-state index contributed by atoms with van der Waals surface area (Å²) in [4.78, 5) is 26.8. The molecule has 1 aromatic heterocycles. The molecule has 35 heavy (non-hydrogen) atoms. The number of amides is 2. The molecule has 0 spiro atoms. The molecule has 1 saturated heterocycles. The fraction of sp³-hybridized carbons (Fsp3) is 0.207. The number of hydrogen-bond acceptors (Lipinski definition) is 3. The first kappa shape index (κ1) is 22.6. The van der Waals surface area contributed by atoms with E-state index < -0.39 is 0 Å². The topological polar surface area (TPSA) is 67.2 Å². The van der Waals surface area contributed by atoms with Gasteiger partial charge in [-0.15, -0.1) is 0 Å². The van der Waals surface area contributed by atoms with E-state index in [-0.39, 0.29) is 11.8 Å². The molecule has 0 aliphatic carbocycles. The Hall–Kier alpha value is -4.19. The lowest BCUT2D eigenvalue weighted by molar-refractivity contribution is -0.128. The van der Waals surface area contributed by atoms with Crippen LogP contribution >= 0.6 is 0 Å². The van der Waals surface area contributed by atoms with Crippen LogP contribution < -0.4 is 5.32 Å². The molecular weight excluding hydrogens is 436 g/mol. The van der Waals surface area contributed by atoms with Crippen LogP contribution in [0.5, 0.6) is 0 Å². The first-order valence-corrected chi connectivity index (χ1v) is 12.0. The Balaban J connectivity index is 1.31. The highest BCUT2D eigenvalue weighted by Gasteiger charge is 2.20. The van der Waals surface area contributed by atoms with Gasteiger partial charge < -0.3 is 10.2 Å². The second kappa shape index (κ2) is 10.4. The number of benzene rings is 3. The van der Waals surface area contributed by atoms with Gasteiger partial charge in [-0.3, -0.25) is 14.3 Å². The Labute approximate surface area is 205 Å². The Kier molecular flexibility index (Phi) is 6.70. The second-order valence-electron chi connectivity index (χ2n) is 8.85. The second-order valence-corrected chi connectivity index (χ2v) is 8.85. The zero-order chi connectivity index (χ0) is 24.0. The predicted molar refractivity (Wildman–Crippen MR) is 135 cm³/mol. The minimum absolute atomic E-state index is 0.144. The van der Waals surface area contributed by atoms with Gasteiger partial charge in [0.15, 0.2) is 0 Å².